The summed E-state index contributed by atoms with van der Waals surface area (Å²) in [6.45, 7) is 1.33. The van der Waals surface area contributed by atoms with Gasteiger partial charge in [0.2, 0.25) is 0 Å². The first-order valence-corrected chi connectivity index (χ1v) is 11.0. The number of likely N-dealkylation sites (tertiary alicyclic amines) is 1. The molecule has 1 saturated heterocycles. The largest absolute Gasteiger partial charge is 0.416 e. The summed E-state index contributed by atoms with van der Waals surface area (Å²) >= 11 is 5.85. The van der Waals surface area contributed by atoms with Crippen molar-refractivity contribution >= 4 is 39.0 Å². The van der Waals surface area contributed by atoms with Gasteiger partial charge < -0.3 is 10.2 Å². The fourth-order valence-electron chi connectivity index (χ4n) is 3.00. The van der Waals surface area contributed by atoms with Crippen LogP contribution in [0.25, 0.3) is 0 Å². The highest BCUT2D eigenvalue weighted by molar-refractivity contribution is 7.92. The first-order chi connectivity index (χ1) is 14.1. The van der Waals surface area contributed by atoms with Crippen molar-refractivity contribution in [2.24, 2.45) is 0 Å². The minimum atomic E-state index is -4.64. The van der Waals surface area contributed by atoms with Crippen molar-refractivity contribution in [2.75, 3.05) is 23.1 Å². The molecule has 2 aromatic carbocycles. The molecule has 3 rings (SSSR count). The van der Waals surface area contributed by atoms with Gasteiger partial charge in [-0.3, -0.25) is 4.72 Å². The molecule has 1 heterocycles. The van der Waals surface area contributed by atoms with E-state index in [1.807, 2.05) is 0 Å². The third kappa shape index (κ3) is 5.37. The monoisotopic (exact) mass is 461 g/mol. The average Bonchev–Trinajstić information content (AvgIpc) is 2.70. The van der Waals surface area contributed by atoms with Crippen molar-refractivity contribution in [3.05, 3.63) is 53.1 Å². The highest BCUT2D eigenvalue weighted by Gasteiger charge is 2.31. The minimum Gasteiger partial charge on any atom is -0.325 e. The molecule has 0 bridgehead atoms. The maximum absolute atomic E-state index is 12.9. The number of rotatable bonds is 4. The van der Waals surface area contributed by atoms with Crippen LogP contribution >= 0.6 is 11.6 Å². The number of nitrogens with one attached hydrogen (secondary N) is 2. The number of urea groups is 1. The Morgan fingerprint density at radius 3 is 2.23 bits per heavy atom. The van der Waals surface area contributed by atoms with Crippen LogP contribution in [0.5, 0.6) is 0 Å². The molecule has 6 nitrogen and oxygen atoms in total. The van der Waals surface area contributed by atoms with Gasteiger partial charge in [0, 0.05) is 18.8 Å². The number of halogens is 4. The summed E-state index contributed by atoms with van der Waals surface area (Å²) in [6.07, 6.45) is -1.68. The number of nitrogens with zero attached hydrogens (tertiary/aromatic N) is 1. The lowest BCUT2D eigenvalue weighted by molar-refractivity contribution is -0.137. The Balaban J connectivity index is 1.73. The molecule has 11 heteroatoms. The summed E-state index contributed by atoms with van der Waals surface area (Å²) in [4.78, 5) is 13.7. The number of alkyl halides is 3. The van der Waals surface area contributed by atoms with Gasteiger partial charge in [-0.05, 0) is 61.7 Å². The van der Waals surface area contributed by atoms with Crippen molar-refractivity contribution in [3.63, 3.8) is 0 Å². The Morgan fingerprint density at radius 2 is 1.63 bits per heavy atom. The van der Waals surface area contributed by atoms with E-state index in [2.05, 4.69) is 10.0 Å². The molecule has 30 heavy (non-hydrogen) atoms. The summed E-state index contributed by atoms with van der Waals surface area (Å²) in [7, 11) is -4.19. The number of sulfonamides is 1. The molecule has 2 amide bonds. The van der Waals surface area contributed by atoms with E-state index in [1.54, 1.807) is 4.90 Å². The Labute approximate surface area is 177 Å². The lowest BCUT2D eigenvalue weighted by Gasteiger charge is -2.26. The van der Waals surface area contributed by atoms with Crippen LogP contribution in [0, 0.1) is 0 Å². The lowest BCUT2D eigenvalue weighted by Crippen LogP contribution is -2.38. The first-order valence-electron chi connectivity index (χ1n) is 9.12. The maximum atomic E-state index is 12.9. The Kier molecular flexibility index (Phi) is 6.47. The van der Waals surface area contributed by atoms with E-state index in [9.17, 15) is 26.4 Å². The van der Waals surface area contributed by atoms with Gasteiger partial charge in [0.25, 0.3) is 10.0 Å². The molecule has 0 aliphatic carbocycles. The fourth-order valence-corrected chi connectivity index (χ4v) is 4.29. The van der Waals surface area contributed by atoms with Gasteiger partial charge in [-0.2, -0.15) is 13.2 Å². The fraction of sp³-hybridized carbons (Fsp3) is 0.316. The zero-order chi connectivity index (χ0) is 21.9. The van der Waals surface area contributed by atoms with Gasteiger partial charge >= 0.3 is 12.2 Å². The minimum absolute atomic E-state index is 0.169. The van der Waals surface area contributed by atoms with E-state index >= 15 is 0 Å². The Bertz CT molecular complexity index is 1020. The SMILES string of the molecule is O=C(Nc1ccc(S(=O)(=O)Nc2cc(C(F)(F)F)ccc2Cl)cc1)N1CCCCC1. The van der Waals surface area contributed by atoms with E-state index < -0.39 is 21.8 Å². The number of hydrogen-bond acceptors (Lipinski definition) is 3. The zero-order valence-corrected chi connectivity index (χ0v) is 17.2. The van der Waals surface area contributed by atoms with Gasteiger partial charge in [0.1, 0.15) is 0 Å². The molecule has 0 spiro atoms. The number of carbonyl (C=O) groups excluding carboxylic acids is 1. The molecule has 1 aliphatic rings. The normalized spacial score (nSPS) is 15.0. The van der Waals surface area contributed by atoms with Crippen molar-refractivity contribution in [3.8, 4) is 0 Å². The summed E-state index contributed by atoms with van der Waals surface area (Å²) in [5.74, 6) is 0. The second-order valence-electron chi connectivity index (χ2n) is 6.80. The molecule has 162 valence electrons. The third-order valence-corrected chi connectivity index (χ3v) is 6.31. The van der Waals surface area contributed by atoms with Crippen LogP contribution in [0.15, 0.2) is 47.4 Å². The van der Waals surface area contributed by atoms with Crippen molar-refractivity contribution in [2.45, 2.75) is 30.3 Å². The van der Waals surface area contributed by atoms with Crippen LogP contribution in [0.3, 0.4) is 0 Å². The predicted octanol–water partition coefficient (Wildman–Crippen LogP) is 5.18. The smallest absolute Gasteiger partial charge is 0.325 e. The number of carbonyl (C=O) groups is 1. The molecular formula is C19H19ClF3N3O3S. The van der Waals surface area contributed by atoms with Crippen molar-refractivity contribution in [1.82, 2.24) is 4.90 Å². The molecule has 2 aromatic rings. The number of benzene rings is 2. The second kappa shape index (κ2) is 8.73. The van der Waals surface area contributed by atoms with Crippen LogP contribution in [-0.4, -0.2) is 32.4 Å². The van der Waals surface area contributed by atoms with Crippen molar-refractivity contribution in [1.29, 1.82) is 0 Å². The summed E-state index contributed by atoms with van der Waals surface area (Å²) in [5, 5.41) is 2.53. The van der Waals surface area contributed by atoms with Crippen LogP contribution in [-0.2, 0) is 16.2 Å². The number of amides is 2. The molecule has 0 saturated carbocycles. The zero-order valence-electron chi connectivity index (χ0n) is 15.7. The first kappa shape index (κ1) is 22.2. The predicted molar refractivity (Wildman–Crippen MR) is 108 cm³/mol. The van der Waals surface area contributed by atoms with E-state index in [4.69, 9.17) is 11.6 Å². The molecular weight excluding hydrogens is 443 g/mol. The Morgan fingerprint density at radius 1 is 1.00 bits per heavy atom. The summed E-state index contributed by atoms with van der Waals surface area (Å²) in [6, 6.07) is 7.41. The molecule has 0 atom stereocenters. The van der Waals surface area contributed by atoms with Gasteiger partial charge in [-0.15, -0.1) is 0 Å². The van der Waals surface area contributed by atoms with Gasteiger partial charge in [0.15, 0.2) is 0 Å². The molecule has 0 radical (unpaired) electrons. The van der Waals surface area contributed by atoms with E-state index in [0.717, 1.165) is 31.4 Å². The molecule has 1 aliphatic heterocycles. The second-order valence-corrected chi connectivity index (χ2v) is 8.89. The topological polar surface area (TPSA) is 78.5 Å². The van der Waals surface area contributed by atoms with Gasteiger partial charge in [-0.25, -0.2) is 13.2 Å². The van der Waals surface area contributed by atoms with Gasteiger partial charge in [-0.1, -0.05) is 11.6 Å². The van der Waals surface area contributed by atoms with Gasteiger partial charge in [0.05, 0.1) is 21.2 Å². The van der Waals surface area contributed by atoms with Crippen molar-refractivity contribution < 1.29 is 26.4 Å². The molecule has 2 N–H and O–H groups in total. The average molecular weight is 462 g/mol. The van der Waals surface area contributed by atoms with Crippen LogP contribution in [0.4, 0.5) is 29.3 Å². The number of piperidine rings is 1. The quantitative estimate of drug-likeness (QED) is 0.658. The van der Waals surface area contributed by atoms with Crippen LogP contribution in [0.2, 0.25) is 5.02 Å². The Hall–Kier alpha value is -2.46. The highest BCUT2D eigenvalue weighted by Crippen LogP contribution is 2.34. The molecule has 0 aromatic heterocycles. The summed E-state index contributed by atoms with van der Waals surface area (Å²) in [5.41, 5.74) is -1.00. The van der Waals surface area contributed by atoms with Crippen LogP contribution < -0.4 is 10.0 Å². The van der Waals surface area contributed by atoms with E-state index in [1.165, 1.54) is 24.3 Å². The van der Waals surface area contributed by atoms with Crippen LogP contribution in [0.1, 0.15) is 24.8 Å². The molecule has 0 unspecified atom stereocenters. The summed E-state index contributed by atoms with van der Waals surface area (Å²) < 4.78 is 65.8. The van der Waals surface area contributed by atoms with E-state index in [-0.39, 0.29) is 21.6 Å². The highest BCUT2D eigenvalue weighted by atomic mass is 35.5. The third-order valence-electron chi connectivity index (χ3n) is 4.60. The van der Waals surface area contributed by atoms with E-state index in [0.29, 0.717) is 24.8 Å². The number of hydrogen-bond donors (Lipinski definition) is 2. The maximum Gasteiger partial charge on any atom is 0.416 e. The standard InChI is InChI=1S/C19H19ClF3N3O3S/c20-16-9-4-13(19(21,22)23)12-17(16)25-30(28,29)15-7-5-14(6-8-15)24-18(27)26-10-2-1-3-11-26/h4-9,12,25H,1-3,10-11H2,(H,24,27). The number of anilines is 2. The lowest BCUT2D eigenvalue weighted by atomic mass is 10.1. The molecule has 1 fully saturated rings.